The molecule has 2 rings (SSSR count). The predicted octanol–water partition coefficient (Wildman–Crippen LogP) is 3.82. The zero-order valence-corrected chi connectivity index (χ0v) is 10.6. The summed E-state index contributed by atoms with van der Waals surface area (Å²) in [5.41, 5.74) is 6.73. The fraction of sp³-hybridized carbons (Fsp3) is 0.417. The topological polar surface area (TPSA) is 38.9 Å². The Morgan fingerprint density at radius 3 is 2.47 bits per heavy atom. The van der Waals surface area contributed by atoms with E-state index in [9.17, 15) is 0 Å². The highest BCUT2D eigenvalue weighted by Crippen LogP contribution is 2.31. The lowest BCUT2D eigenvalue weighted by atomic mass is 9.93. The molecule has 1 heterocycles. The van der Waals surface area contributed by atoms with E-state index in [2.05, 4.69) is 37.1 Å². The van der Waals surface area contributed by atoms with E-state index in [1.807, 2.05) is 19.9 Å². The van der Waals surface area contributed by atoms with Gasteiger partial charge in [-0.1, -0.05) is 51.2 Å². The lowest BCUT2D eigenvalue weighted by Gasteiger charge is -2.11. The summed E-state index contributed by atoms with van der Waals surface area (Å²) in [4.78, 5) is 5.39. The van der Waals surface area contributed by atoms with Gasteiger partial charge in [0.05, 0.1) is 10.6 Å². The van der Waals surface area contributed by atoms with Gasteiger partial charge in [0.15, 0.2) is 5.13 Å². The number of rotatable bonds is 0. The largest absolute Gasteiger partial charge is 0.375 e. The molecule has 2 nitrogen and oxygen atoms in total. The van der Waals surface area contributed by atoms with Crippen LogP contribution in [-0.2, 0) is 0 Å². The quantitative estimate of drug-likeness (QED) is 0.724. The molecule has 0 saturated carbocycles. The summed E-state index contributed by atoms with van der Waals surface area (Å²) in [6.07, 6.45) is 8.47. The van der Waals surface area contributed by atoms with E-state index in [0.29, 0.717) is 5.13 Å². The Labute approximate surface area is 95.5 Å². The fourth-order valence-corrected chi connectivity index (χ4v) is 1.96. The Hall–Kier alpha value is -1.09. The molecule has 15 heavy (non-hydrogen) atoms. The number of fused-ring (bicyclic) bond motifs is 1. The van der Waals surface area contributed by atoms with E-state index in [1.165, 1.54) is 11.3 Å². The van der Waals surface area contributed by atoms with Crippen LogP contribution in [0.3, 0.4) is 0 Å². The van der Waals surface area contributed by atoms with Gasteiger partial charge in [-0.3, -0.25) is 0 Å². The molecular formula is C12H18N2S. The smallest absolute Gasteiger partial charge is 0.181 e. The minimum Gasteiger partial charge on any atom is -0.375 e. The average molecular weight is 222 g/mol. The molecule has 1 aromatic heterocycles. The van der Waals surface area contributed by atoms with E-state index < -0.39 is 0 Å². The molecule has 0 aromatic carbocycles. The Kier molecular flexibility index (Phi) is 3.69. The number of nitrogens with zero attached hydrogens (tertiary/aromatic N) is 1. The minimum absolute atomic E-state index is 0.120. The van der Waals surface area contributed by atoms with Crippen LogP contribution in [0.1, 0.15) is 38.3 Å². The van der Waals surface area contributed by atoms with Crippen molar-refractivity contribution in [3.8, 4) is 0 Å². The van der Waals surface area contributed by atoms with E-state index >= 15 is 0 Å². The zero-order chi connectivity index (χ0) is 11.5. The first-order valence-electron chi connectivity index (χ1n) is 5.22. The van der Waals surface area contributed by atoms with Crippen molar-refractivity contribution in [1.82, 2.24) is 4.98 Å². The predicted molar refractivity (Wildman–Crippen MR) is 69.7 cm³/mol. The number of nitrogen functional groups attached to an aromatic ring is 1. The molecule has 0 atom stereocenters. The van der Waals surface area contributed by atoms with Crippen molar-refractivity contribution in [2.45, 2.75) is 27.7 Å². The molecule has 1 aromatic rings. The molecule has 0 amide bonds. The second-order valence-electron chi connectivity index (χ2n) is 3.79. The summed E-state index contributed by atoms with van der Waals surface area (Å²) < 4.78 is 0. The normalized spacial score (nSPS) is 16.3. The maximum absolute atomic E-state index is 5.62. The lowest BCUT2D eigenvalue weighted by Crippen LogP contribution is -2.00. The van der Waals surface area contributed by atoms with Crippen molar-refractivity contribution >= 4 is 28.6 Å². The minimum atomic E-state index is 0.120. The van der Waals surface area contributed by atoms with Gasteiger partial charge in [0, 0.05) is 5.41 Å². The van der Waals surface area contributed by atoms with Crippen molar-refractivity contribution in [1.29, 1.82) is 0 Å². The highest BCUT2D eigenvalue weighted by molar-refractivity contribution is 7.16. The molecule has 1 aliphatic rings. The maximum Gasteiger partial charge on any atom is 0.181 e. The third-order valence-electron chi connectivity index (χ3n) is 2.03. The third-order valence-corrected chi connectivity index (χ3v) is 2.90. The SMILES string of the molecule is CC.CC1(C)C=Cc2nc(N)sc2C=C1. The number of anilines is 1. The van der Waals surface area contributed by atoms with Gasteiger partial charge in [0.1, 0.15) is 0 Å². The molecule has 1 aliphatic carbocycles. The molecule has 0 saturated heterocycles. The Morgan fingerprint density at radius 1 is 1.20 bits per heavy atom. The first-order valence-corrected chi connectivity index (χ1v) is 6.03. The molecule has 0 spiro atoms. The molecule has 0 fully saturated rings. The Bertz CT molecular complexity index is 353. The summed E-state index contributed by atoms with van der Waals surface area (Å²) in [6.45, 7) is 8.33. The number of aromatic nitrogens is 1. The van der Waals surface area contributed by atoms with E-state index in [4.69, 9.17) is 5.73 Å². The summed E-state index contributed by atoms with van der Waals surface area (Å²) in [6, 6.07) is 0. The molecular weight excluding hydrogens is 204 g/mol. The van der Waals surface area contributed by atoms with E-state index in [-0.39, 0.29) is 5.41 Å². The first kappa shape index (κ1) is 12.0. The number of hydrogen-bond acceptors (Lipinski definition) is 3. The summed E-state index contributed by atoms with van der Waals surface area (Å²) in [5, 5.41) is 0.638. The van der Waals surface area contributed by atoms with Crippen LogP contribution < -0.4 is 5.73 Å². The van der Waals surface area contributed by atoms with Crippen molar-refractivity contribution in [2.75, 3.05) is 5.73 Å². The van der Waals surface area contributed by atoms with Crippen LogP contribution in [0.5, 0.6) is 0 Å². The van der Waals surface area contributed by atoms with Crippen LogP contribution in [0.15, 0.2) is 12.2 Å². The van der Waals surface area contributed by atoms with E-state index in [1.54, 1.807) is 0 Å². The van der Waals surface area contributed by atoms with Crippen LogP contribution in [0.4, 0.5) is 5.13 Å². The number of hydrogen-bond donors (Lipinski definition) is 1. The van der Waals surface area contributed by atoms with E-state index in [0.717, 1.165) is 10.6 Å². The van der Waals surface area contributed by atoms with Gasteiger partial charge < -0.3 is 5.73 Å². The van der Waals surface area contributed by atoms with Crippen molar-refractivity contribution in [3.63, 3.8) is 0 Å². The summed E-state index contributed by atoms with van der Waals surface area (Å²) in [7, 11) is 0. The second kappa shape index (κ2) is 4.62. The van der Waals surface area contributed by atoms with Crippen molar-refractivity contribution in [2.24, 2.45) is 5.41 Å². The lowest BCUT2D eigenvalue weighted by molar-refractivity contribution is 0.633. The molecule has 0 aliphatic heterocycles. The molecule has 82 valence electrons. The molecule has 0 radical (unpaired) electrons. The standard InChI is InChI=1S/C10H12N2S.C2H6/c1-10(2)5-3-7-8(4-6-10)13-9(11)12-7;1-2/h3-6H,1-2H3,(H2,11,12);1-2H3. The van der Waals surface area contributed by atoms with Crippen LogP contribution in [-0.4, -0.2) is 4.98 Å². The molecule has 2 N–H and O–H groups in total. The molecule has 0 unspecified atom stereocenters. The van der Waals surface area contributed by atoms with Gasteiger partial charge in [-0.25, -0.2) is 4.98 Å². The van der Waals surface area contributed by atoms with Crippen LogP contribution in [0, 0.1) is 5.41 Å². The molecule has 3 heteroatoms. The zero-order valence-electron chi connectivity index (χ0n) is 9.74. The van der Waals surface area contributed by atoms with Crippen LogP contribution >= 0.6 is 11.3 Å². The fourth-order valence-electron chi connectivity index (χ4n) is 1.24. The second-order valence-corrected chi connectivity index (χ2v) is 4.85. The van der Waals surface area contributed by atoms with Gasteiger partial charge >= 0.3 is 0 Å². The molecule has 0 bridgehead atoms. The van der Waals surface area contributed by atoms with Crippen molar-refractivity contribution < 1.29 is 0 Å². The number of allylic oxidation sites excluding steroid dienone is 2. The summed E-state index contributed by atoms with van der Waals surface area (Å²) >= 11 is 1.53. The van der Waals surface area contributed by atoms with Gasteiger partial charge in [-0.05, 0) is 12.2 Å². The van der Waals surface area contributed by atoms with Gasteiger partial charge in [-0.15, -0.1) is 0 Å². The first-order chi connectivity index (χ1) is 7.07. The number of thiazole rings is 1. The van der Waals surface area contributed by atoms with Gasteiger partial charge in [0.25, 0.3) is 0 Å². The highest BCUT2D eigenvalue weighted by Gasteiger charge is 2.14. The number of nitrogens with two attached hydrogens (primary N) is 1. The van der Waals surface area contributed by atoms with Gasteiger partial charge in [-0.2, -0.15) is 0 Å². The highest BCUT2D eigenvalue weighted by atomic mass is 32.1. The van der Waals surface area contributed by atoms with Crippen LogP contribution in [0.2, 0.25) is 0 Å². The van der Waals surface area contributed by atoms with Crippen LogP contribution in [0.25, 0.3) is 12.2 Å². The van der Waals surface area contributed by atoms with Gasteiger partial charge in [0.2, 0.25) is 0 Å². The average Bonchev–Trinajstić information content (AvgIpc) is 2.50. The summed E-state index contributed by atoms with van der Waals surface area (Å²) in [5.74, 6) is 0. The monoisotopic (exact) mass is 222 g/mol. The van der Waals surface area contributed by atoms with Crippen molar-refractivity contribution in [3.05, 3.63) is 22.7 Å². The third kappa shape index (κ3) is 2.93. The maximum atomic E-state index is 5.62. The Morgan fingerprint density at radius 2 is 1.80 bits per heavy atom. The Balaban J connectivity index is 0.000000531.